The molecule has 0 amide bonds. The lowest BCUT2D eigenvalue weighted by Crippen LogP contribution is -2.29. The minimum atomic E-state index is -2.28. The van der Waals surface area contributed by atoms with Crippen LogP contribution in [0.25, 0.3) is 0 Å². The second-order valence-corrected chi connectivity index (χ2v) is 9.03. The van der Waals surface area contributed by atoms with Crippen molar-refractivity contribution in [2.24, 2.45) is 0 Å². The van der Waals surface area contributed by atoms with Crippen LogP contribution in [0.1, 0.15) is 0 Å². The van der Waals surface area contributed by atoms with Crippen molar-refractivity contribution >= 4 is 34.6 Å². The number of ether oxygens (including phenoxy) is 1. The van der Waals surface area contributed by atoms with E-state index in [1.807, 2.05) is 54.6 Å². The molecule has 3 aromatic rings. The van der Waals surface area contributed by atoms with Crippen molar-refractivity contribution in [1.29, 1.82) is 0 Å². The predicted octanol–water partition coefficient (Wildman–Crippen LogP) is 3.51. The Morgan fingerprint density at radius 3 is 1.50 bits per heavy atom. The molecule has 3 aromatic carbocycles. The van der Waals surface area contributed by atoms with Crippen molar-refractivity contribution < 1.29 is 9.53 Å². The molecule has 0 aliphatic heterocycles. The molecular formula is C23H21O2P. The second-order valence-electron chi connectivity index (χ2n) is 5.78. The fraction of sp³-hybridized carbons (Fsp3) is 0.0435. The van der Waals surface area contributed by atoms with E-state index in [2.05, 4.69) is 43.0 Å². The molecule has 130 valence electrons. The molecular weight excluding hydrogens is 339 g/mol. The van der Waals surface area contributed by atoms with Crippen molar-refractivity contribution in [3.63, 3.8) is 0 Å². The van der Waals surface area contributed by atoms with Gasteiger partial charge in [0.1, 0.15) is 6.61 Å². The fourth-order valence-corrected chi connectivity index (χ4v) is 6.66. The van der Waals surface area contributed by atoms with Crippen LogP contribution in [0.3, 0.4) is 0 Å². The van der Waals surface area contributed by atoms with Gasteiger partial charge >= 0.3 is 5.97 Å². The van der Waals surface area contributed by atoms with E-state index >= 15 is 0 Å². The first kappa shape index (κ1) is 18.0. The van der Waals surface area contributed by atoms with Crippen molar-refractivity contribution in [1.82, 2.24) is 0 Å². The Labute approximate surface area is 154 Å². The third kappa shape index (κ3) is 3.71. The number of hydrogen-bond acceptors (Lipinski definition) is 2. The summed E-state index contributed by atoms with van der Waals surface area (Å²) in [5.41, 5.74) is 0. The van der Waals surface area contributed by atoms with Crippen LogP contribution in [0.5, 0.6) is 0 Å². The highest BCUT2D eigenvalue weighted by Crippen LogP contribution is 2.43. The summed E-state index contributed by atoms with van der Waals surface area (Å²) in [6.07, 6.45) is 1.58. The van der Waals surface area contributed by atoms with E-state index in [0.29, 0.717) is 0 Å². The van der Waals surface area contributed by atoms with Gasteiger partial charge in [0.2, 0.25) is 0 Å². The molecule has 0 radical (unpaired) electrons. The molecule has 0 aliphatic carbocycles. The number of benzene rings is 3. The Morgan fingerprint density at radius 2 is 1.15 bits per heavy atom. The van der Waals surface area contributed by atoms with E-state index in [1.54, 1.807) is 11.9 Å². The van der Waals surface area contributed by atoms with Gasteiger partial charge in [0.05, 0.1) is 0 Å². The standard InChI is InChI=1S/C23H21O2P/c1-2-18-25-23(24)19-26(20-12-6-3-7-13-20,21-14-8-4-9-15-21)22-16-10-5-11-17-22/h2-17,19H,1,18H2. The van der Waals surface area contributed by atoms with Gasteiger partial charge in [-0.25, -0.2) is 4.79 Å². The molecule has 0 spiro atoms. The molecule has 0 aromatic heterocycles. The van der Waals surface area contributed by atoms with Crippen LogP contribution >= 0.6 is 6.89 Å². The van der Waals surface area contributed by atoms with Crippen LogP contribution in [-0.4, -0.2) is 18.4 Å². The van der Waals surface area contributed by atoms with Crippen LogP contribution in [-0.2, 0) is 9.53 Å². The van der Waals surface area contributed by atoms with Crippen LogP contribution in [0.15, 0.2) is 104 Å². The van der Waals surface area contributed by atoms with Gasteiger partial charge < -0.3 is 4.74 Å². The topological polar surface area (TPSA) is 26.3 Å². The first-order chi connectivity index (χ1) is 12.8. The first-order valence-corrected chi connectivity index (χ1v) is 10.3. The summed E-state index contributed by atoms with van der Waals surface area (Å²) in [6.45, 7) is 1.54. The molecule has 0 N–H and O–H groups in total. The van der Waals surface area contributed by atoms with Crippen LogP contribution in [0.2, 0.25) is 0 Å². The van der Waals surface area contributed by atoms with Gasteiger partial charge in [0, 0.05) is 5.80 Å². The zero-order valence-corrected chi connectivity index (χ0v) is 15.4. The number of hydrogen-bond donors (Lipinski definition) is 0. The summed E-state index contributed by atoms with van der Waals surface area (Å²) >= 11 is 0. The molecule has 2 nitrogen and oxygen atoms in total. The molecule has 0 atom stereocenters. The van der Waals surface area contributed by atoms with Crippen molar-refractivity contribution in [3.05, 3.63) is 104 Å². The molecule has 0 heterocycles. The minimum Gasteiger partial charge on any atom is -0.458 e. The normalized spacial score (nSPS) is 10.8. The highest BCUT2D eigenvalue weighted by molar-refractivity contribution is 7.95. The van der Waals surface area contributed by atoms with E-state index in [0.717, 1.165) is 15.9 Å². The quantitative estimate of drug-likeness (QED) is 0.382. The lowest BCUT2D eigenvalue weighted by Gasteiger charge is -2.28. The maximum Gasteiger partial charge on any atom is 0.332 e. The summed E-state index contributed by atoms with van der Waals surface area (Å²) in [7, 11) is 0. The number of esters is 1. The summed E-state index contributed by atoms with van der Waals surface area (Å²) in [6, 6.07) is 30.6. The predicted molar refractivity (Wildman–Crippen MR) is 112 cm³/mol. The Balaban J connectivity index is 2.34. The van der Waals surface area contributed by atoms with Crippen molar-refractivity contribution in [2.75, 3.05) is 6.61 Å². The summed E-state index contributed by atoms with van der Waals surface area (Å²) in [5, 5.41) is 3.36. The van der Waals surface area contributed by atoms with Gasteiger partial charge in [-0.1, -0.05) is 104 Å². The molecule has 26 heavy (non-hydrogen) atoms. The van der Waals surface area contributed by atoms with Crippen molar-refractivity contribution in [3.8, 4) is 0 Å². The highest BCUT2D eigenvalue weighted by Gasteiger charge is 2.26. The monoisotopic (exact) mass is 360 g/mol. The fourth-order valence-electron chi connectivity index (χ4n) is 3.00. The second kappa shape index (κ2) is 8.51. The highest BCUT2D eigenvalue weighted by atomic mass is 31.2. The van der Waals surface area contributed by atoms with Gasteiger partial charge in [-0.3, -0.25) is 0 Å². The maximum absolute atomic E-state index is 12.6. The van der Waals surface area contributed by atoms with Gasteiger partial charge in [-0.15, -0.1) is 0 Å². The molecule has 0 aliphatic rings. The maximum atomic E-state index is 12.6. The number of carbonyl (C=O) groups is 1. The molecule has 0 fully saturated rings. The van der Waals surface area contributed by atoms with E-state index in [4.69, 9.17) is 4.74 Å². The SMILES string of the molecule is C=CCOC(=O)C=P(c1ccccc1)(c1ccccc1)c1ccccc1. The van der Waals surface area contributed by atoms with E-state index in [1.165, 1.54) is 0 Å². The van der Waals surface area contributed by atoms with Crippen LogP contribution < -0.4 is 15.9 Å². The van der Waals surface area contributed by atoms with Crippen LogP contribution in [0, 0.1) is 0 Å². The van der Waals surface area contributed by atoms with E-state index < -0.39 is 6.89 Å². The Morgan fingerprint density at radius 1 is 0.769 bits per heavy atom. The van der Waals surface area contributed by atoms with Gasteiger partial charge in [-0.2, -0.15) is 0 Å². The molecule has 0 unspecified atom stereocenters. The average Bonchev–Trinajstić information content (AvgIpc) is 2.72. The zero-order chi connectivity index (χ0) is 18.2. The first-order valence-electron chi connectivity index (χ1n) is 8.46. The summed E-state index contributed by atoms with van der Waals surface area (Å²) in [5.74, 6) is 1.45. The molecule has 3 heteroatoms. The number of rotatable bonds is 6. The average molecular weight is 360 g/mol. The lowest BCUT2D eigenvalue weighted by molar-refractivity contribution is -0.133. The molecule has 0 saturated carbocycles. The van der Waals surface area contributed by atoms with Gasteiger partial charge in [0.25, 0.3) is 0 Å². The molecule has 0 bridgehead atoms. The number of carbonyl (C=O) groups excluding carboxylic acids is 1. The Hall–Kier alpha value is -2.83. The van der Waals surface area contributed by atoms with Gasteiger partial charge in [0.15, 0.2) is 0 Å². The smallest absolute Gasteiger partial charge is 0.332 e. The van der Waals surface area contributed by atoms with Gasteiger partial charge in [-0.05, 0) is 22.8 Å². The molecule has 3 rings (SSSR count). The molecule has 0 saturated heterocycles. The Kier molecular flexibility index (Phi) is 5.88. The summed E-state index contributed by atoms with van der Waals surface area (Å²) in [4.78, 5) is 12.6. The van der Waals surface area contributed by atoms with Crippen LogP contribution in [0.4, 0.5) is 0 Å². The minimum absolute atomic E-state index is 0.202. The van der Waals surface area contributed by atoms with E-state index in [9.17, 15) is 4.79 Å². The summed E-state index contributed by atoms with van der Waals surface area (Å²) < 4.78 is 5.33. The van der Waals surface area contributed by atoms with E-state index in [-0.39, 0.29) is 12.6 Å². The largest absolute Gasteiger partial charge is 0.458 e. The third-order valence-electron chi connectivity index (χ3n) is 4.13. The van der Waals surface area contributed by atoms with Crippen molar-refractivity contribution in [2.45, 2.75) is 0 Å². The zero-order valence-electron chi connectivity index (χ0n) is 14.5. The third-order valence-corrected chi connectivity index (χ3v) is 8.07. The Bertz CT molecular complexity index is 813. The lowest BCUT2D eigenvalue weighted by atomic mass is 10.4.